The molecule has 0 aliphatic rings. The van der Waals surface area contributed by atoms with Gasteiger partial charge in [0.15, 0.2) is 0 Å². The third kappa shape index (κ3) is 4.20. The highest BCUT2D eigenvalue weighted by molar-refractivity contribution is 5.77. The number of hydrogen-bond acceptors (Lipinski definition) is 3. The normalized spacial score (nSPS) is 10.8. The van der Waals surface area contributed by atoms with Gasteiger partial charge in [-0.05, 0) is 31.0 Å². The molecule has 0 radical (unpaired) electrons. The summed E-state index contributed by atoms with van der Waals surface area (Å²) in [6.45, 7) is 4.41. The summed E-state index contributed by atoms with van der Waals surface area (Å²) >= 11 is 0. The molecule has 20 heavy (non-hydrogen) atoms. The Balaban J connectivity index is 1.84. The predicted octanol–water partition coefficient (Wildman–Crippen LogP) is 2.12. The van der Waals surface area contributed by atoms with Crippen LogP contribution in [0.1, 0.15) is 19.4 Å². The number of carbonyl (C=O) groups excluding carboxylic acids is 1. The fraction of sp³-hybridized carbons (Fsp3) is 0.333. The average Bonchev–Trinajstić information content (AvgIpc) is 2.97. The van der Waals surface area contributed by atoms with Crippen LogP contribution in [0.25, 0.3) is 11.3 Å². The molecule has 0 bridgehead atoms. The van der Waals surface area contributed by atoms with E-state index in [1.165, 1.54) is 0 Å². The second kappa shape index (κ2) is 6.86. The summed E-state index contributed by atoms with van der Waals surface area (Å²) in [6, 6.07) is 9.89. The quantitative estimate of drug-likeness (QED) is 0.847. The summed E-state index contributed by atoms with van der Waals surface area (Å²) in [4.78, 5) is 11.5. The van der Waals surface area contributed by atoms with Gasteiger partial charge in [-0.1, -0.05) is 24.3 Å². The van der Waals surface area contributed by atoms with Gasteiger partial charge in [0.05, 0.1) is 11.8 Å². The molecule has 0 spiro atoms. The number of aromatic amines is 1. The first-order valence-corrected chi connectivity index (χ1v) is 6.62. The molecule has 1 aromatic heterocycles. The number of amides is 1. The van der Waals surface area contributed by atoms with Gasteiger partial charge in [-0.3, -0.25) is 9.89 Å². The molecule has 2 rings (SSSR count). The van der Waals surface area contributed by atoms with Crippen molar-refractivity contribution in [3.63, 3.8) is 0 Å². The van der Waals surface area contributed by atoms with Crippen molar-refractivity contribution in [1.29, 1.82) is 0 Å². The molecule has 0 fully saturated rings. The van der Waals surface area contributed by atoms with Crippen LogP contribution in [0.15, 0.2) is 36.5 Å². The Labute approximate surface area is 118 Å². The maximum Gasteiger partial charge on any atom is 0.246 e. The van der Waals surface area contributed by atoms with Crippen molar-refractivity contribution < 1.29 is 9.53 Å². The molecule has 0 atom stereocenters. The molecule has 5 heteroatoms. The first-order chi connectivity index (χ1) is 9.65. The minimum Gasteiger partial charge on any atom is -0.369 e. The van der Waals surface area contributed by atoms with Crippen LogP contribution in [-0.2, 0) is 16.1 Å². The lowest BCUT2D eigenvalue weighted by atomic mass is 10.1. The maximum atomic E-state index is 11.5. The first kappa shape index (κ1) is 14.3. The molecule has 0 aliphatic carbocycles. The fourth-order valence-electron chi connectivity index (χ4n) is 1.71. The van der Waals surface area contributed by atoms with Crippen LogP contribution in [0.3, 0.4) is 0 Å². The number of nitrogens with zero attached hydrogens (tertiary/aromatic N) is 1. The standard InChI is InChI=1S/C15H19N3O2/c1-11(2)20-10-15(19)16-9-12-3-5-13(6-4-12)14-7-8-17-18-14/h3-8,11H,9-10H2,1-2H3,(H,16,19)(H,17,18). The molecule has 106 valence electrons. The van der Waals surface area contributed by atoms with Gasteiger partial charge in [0.2, 0.25) is 5.91 Å². The lowest BCUT2D eigenvalue weighted by Crippen LogP contribution is -2.28. The summed E-state index contributed by atoms with van der Waals surface area (Å²) in [5, 5.41) is 9.66. The summed E-state index contributed by atoms with van der Waals surface area (Å²) in [5.74, 6) is -0.101. The van der Waals surface area contributed by atoms with E-state index >= 15 is 0 Å². The Morgan fingerprint density at radius 3 is 2.65 bits per heavy atom. The van der Waals surface area contributed by atoms with E-state index < -0.39 is 0 Å². The van der Waals surface area contributed by atoms with Gasteiger partial charge < -0.3 is 10.1 Å². The van der Waals surface area contributed by atoms with E-state index in [0.29, 0.717) is 6.54 Å². The van der Waals surface area contributed by atoms with Crippen LogP contribution in [0.5, 0.6) is 0 Å². The second-order valence-corrected chi connectivity index (χ2v) is 4.80. The van der Waals surface area contributed by atoms with Crippen LogP contribution in [0.2, 0.25) is 0 Å². The number of rotatable bonds is 6. The largest absolute Gasteiger partial charge is 0.369 e. The van der Waals surface area contributed by atoms with Gasteiger partial charge in [0, 0.05) is 12.7 Å². The molecule has 2 N–H and O–H groups in total. The van der Waals surface area contributed by atoms with Crippen molar-refractivity contribution in [2.75, 3.05) is 6.61 Å². The predicted molar refractivity (Wildman–Crippen MR) is 77.0 cm³/mol. The molecule has 0 unspecified atom stereocenters. The summed E-state index contributed by atoms with van der Waals surface area (Å²) < 4.78 is 5.24. The number of ether oxygens (including phenoxy) is 1. The number of hydrogen-bond donors (Lipinski definition) is 2. The molecule has 1 heterocycles. The topological polar surface area (TPSA) is 67.0 Å². The summed E-state index contributed by atoms with van der Waals surface area (Å²) in [5.41, 5.74) is 3.10. The van der Waals surface area contributed by atoms with Crippen molar-refractivity contribution in [2.24, 2.45) is 0 Å². The smallest absolute Gasteiger partial charge is 0.246 e. The van der Waals surface area contributed by atoms with E-state index in [1.807, 2.05) is 44.2 Å². The van der Waals surface area contributed by atoms with Gasteiger partial charge in [0.25, 0.3) is 0 Å². The number of aromatic nitrogens is 2. The van der Waals surface area contributed by atoms with E-state index in [2.05, 4.69) is 15.5 Å². The Bertz CT molecular complexity index is 533. The highest BCUT2D eigenvalue weighted by Gasteiger charge is 2.04. The van der Waals surface area contributed by atoms with E-state index in [0.717, 1.165) is 16.8 Å². The number of nitrogens with one attached hydrogen (secondary N) is 2. The van der Waals surface area contributed by atoms with Crippen LogP contribution in [0, 0.1) is 0 Å². The molecular formula is C15H19N3O2. The van der Waals surface area contributed by atoms with E-state index in [9.17, 15) is 4.79 Å². The average molecular weight is 273 g/mol. The second-order valence-electron chi connectivity index (χ2n) is 4.80. The first-order valence-electron chi connectivity index (χ1n) is 6.62. The van der Waals surface area contributed by atoms with Crippen molar-refractivity contribution >= 4 is 5.91 Å². The Kier molecular flexibility index (Phi) is 4.90. The van der Waals surface area contributed by atoms with Crippen LogP contribution in [-0.4, -0.2) is 28.8 Å². The van der Waals surface area contributed by atoms with Crippen molar-refractivity contribution in [3.8, 4) is 11.3 Å². The maximum absolute atomic E-state index is 11.5. The highest BCUT2D eigenvalue weighted by Crippen LogP contribution is 2.16. The highest BCUT2D eigenvalue weighted by atomic mass is 16.5. The molecular weight excluding hydrogens is 254 g/mol. The van der Waals surface area contributed by atoms with Gasteiger partial charge >= 0.3 is 0 Å². The number of carbonyl (C=O) groups is 1. The van der Waals surface area contributed by atoms with Gasteiger partial charge in [-0.25, -0.2) is 0 Å². The Hall–Kier alpha value is -2.14. The zero-order valence-electron chi connectivity index (χ0n) is 11.7. The zero-order valence-corrected chi connectivity index (χ0v) is 11.7. The molecule has 1 aromatic carbocycles. The molecule has 0 saturated carbocycles. The molecule has 1 amide bonds. The van der Waals surface area contributed by atoms with E-state index in [1.54, 1.807) is 6.20 Å². The van der Waals surface area contributed by atoms with Crippen molar-refractivity contribution in [3.05, 3.63) is 42.1 Å². The Morgan fingerprint density at radius 1 is 1.30 bits per heavy atom. The minimum absolute atomic E-state index is 0.0643. The molecule has 0 aliphatic heterocycles. The lowest BCUT2D eigenvalue weighted by molar-refractivity contribution is -0.127. The van der Waals surface area contributed by atoms with Gasteiger partial charge in [-0.15, -0.1) is 0 Å². The van der Waals surface area contributed by atoms with Gasteiger partial charge in [0.1, 0.15) is 6.61 Å². The monoisotopic (exact) mass is 273 g/mol. The zero-order chi connectivity index (χ0) is 14.4. The SMILES string of the molecule is CC(C)OCC(=O)NCc1ccc(-c2ccn[nH]2)cc1. The van der Waals surface area contributed by atoms with Crippen molar-refractivity contribution in [1.82, 2.24) is 15.5 Å². The minimum atomic E-state index is -0.101. The summed E-state index contributed by atoms with van der Waals surface area (Å²) in [6.07, 6.45) is 1.78. The fourth-order valence-corrected chi connectivity index (χ4v) is 1.71. The van der Waals surface area contributed by atoms with E-state index in [-0.39, 0.29) is 18.6 Å². The number of benzene rings is 1. The molecule has 0 saturated heterocycles. The third-order valence-corrected chi connectivity index (χ3v) is 2.80. The van der Waals surface area contributed by atoms with Crippen LogP contribution >= 0.6 is 0 Å². The number of H-pyrrole nitrogens is 1. The van der Waals surface area contributed by atoms with Crippen LogP contribution in [0.4, 0.5) is 0 Å². The molecule has 2 aromatic rings. The van der Waals surface area contributed by atoms with Gasteiger partial charge in [-0.2, -0.15) is 5.10 Å². The van der Waals surface area contributed by atoms with Crippen LogP contribution < -0.4 is 5.32 Å². The molecule has 5 nitrogen and oxygen atoms in total. The third-order valence-electron chi connectivity index (χ3n) is 2.80. The summed E-state index contributed by atoms with van der Waals surface area (Å²) in [7, 11) is 0. The lowest BCUT2D eigenvalue weighted by Gasteiger charge is -2.08. The Morgan fingerprint density at radius 2 is 2.05 bits per heavy atom. The van der Waals surface area contributed by atoms with E-state index in [4.69, 9.17) is 4.74 Å². The van der Waals surface area contributed by atoms with Crippen molar-refractivity contribution in [2.45, 2.75) is 26.5 Å².